The largest absolute Gasteiger partial charge is 0.299 e. The van der Waals surface area contributed by atoms with E-state index in [0.717, 1.165) is 36.4 Å². The number of nitriles is 1. The first-order valence-corrected chi connectivity index (χ1v) is 8.90. The van der Waals surface area contributed by atoms with Gasteiger partial charge in [0.1, 0.15) is 11.6 Å². The van der Waals surface area contributed by atoms with Gasteiger partial charge >= 0.3 is 0 Å². The van der Waals surface area contributed by atoms with Gasteiger partial charge in [0.15, 0.2) is 0 Å². The number of fused-ring (bicyclic) bond motifs is 4. The Hall–Kier alpha value is -1.93. The van der Waals surface area contributed by atoms with E-state index in [9.17, 15) is 15.4 Å². The monoisotopic (exact) mass is 325 g/mol. The summed E-state index contributed by atoms with van der Waals surface area (Å²) in [6.45, 7) is 6.61. The molecule has 2 bridgehead atoms. The summed E-state index contributed by atoms with van der Waals surface area (Å²) in [6, 6.07) is 6.08. The van der Waals surface area contributed by atoms with Crippen LogP contribution in [0.2, 0.25) is 0 Å². The Balaban J connectivity index is 1.83. The molecule has 126 valence electrons. The van der Waals surface area contributed by atoms with Crippen LogP contribution in [0.5, 0.6) is 0 Å². The van der Waals surface area contributed by atoms with Gasteiger partial charge in [-0.2, -0.15) is 5.26 Å². The fourth-order valence-electron chi connectivity index (χ4n) is 4.97. The van der Waals surface area contributed by atoms with E-state index in [0.29, 0.717) is 12.0 Å². The third-order valence-corrected chi connectivity index (χ3v) is 6.73. The van der Waals surface area contributed by atoms with Gasteiger partial charge in [-0.15, -0.1) is 0 Å². The van der Waals surface area contributed by atoms with Crippen molar-refractivity contribution in [3.05, 3.63) is 38.9 Å². The molecule has 1 aromatic carbocycles. The van der Waals surface area contributed by atoms with Gasteiger partial charge in [-0.3, -0.25) is 15.0 Å². The maximum Gasteiger partial charge on any atom is 0.291 e. The number of nitro groups is 1. The topological polar surface area (TPSA) is 70.2 Å². The van der Waals surface area contributed by atoms with Crippen LogP contribution in [0.1, 0.15) is 49.8 Å². The summed E-state index contributed by atoms with van der Waals surface area (Å²) in [5.74, 6) is 1.23. The van der Waals surface area contributed by atoms with Crippen LogP contribution in [0.3, 0.4) is 0 Å². The van der Waals surface area contributed by atoms with Crippen molar-refractivity contribution in [1.29, 1.82) is 5.26 Å². The highest BCUT2D eigenvalue weighted by Gasteiger charge is 2.52. The molecule has 1 unspecified atom stereocenters. The number of piperidine rings is 1. The minimum Gasteiger partial charge on any atom is -0.299 e. The van der Waals surface area contributed by atoms with Crippen LogP contribution in [0.15, 0.2) is 12.1 Å². The molecule has 5 nitrogen and oxygen atoms in total. The van der Waals surface area contributed by atoms with E-state index in [1.807, 2.05) is 12.1 Å². The van der Waals surface area contributed by atoms with Crippen LogP contribution in [0, 0.1) is 33.3 Å². The second-order valence-corrected chi connectivity index (χ2v) is 8.03. The van der Waals surface area contributed by atoms with Gasteiger partial charge in [0, 0.05) is 23.6 Å². The van der Waals surface area contributed by atoms with E-state index in [-0.39, 0.29) is 21.6 Å². The minimum absolute atomic E-state index is 0.0541. The first kappa shape index (κ1) is 15.6. The van der Waals surface area contributed by atoms with Gasteiger partial charge in [0.2, 0.25) is 0 Å². The smallest absolute Gasteiger partial charge is 0.291 e. The predicted octanol–water partition coefficient (Wildman–Crippen LogP) is 3.40. The van der Waals surface area contributed by atoms with E-state index >= 15 is 0 Å². The summed E-state index contributed by atoms with van der Waals surface area (Å²) >= 11 is 0. The number of nitro benzene ring substituents is 1. The van der Waals surface area contributed by atoms with Crippen molar-refractivity contribution in [2.24, 2.45) is 11.8 Å². The molecule has 3 aliphatic rings. The van der Waals surface area contributed by atoms with Gasteiger partial charge in [0.05, 0.1) is 4.92 Å². The summed E-state index contributed by atoms with van der Waals surface area (Å²) in [4.78, 5) is 14.0. The van der Waals surface area contributed by atoms with Gasteiger partial charge < -0.3 is 0 Å². The van der Waals surface area contributed by atoms with Crippen molar-refractivity contribution in [3.8, 4) is 6.07 Å². The molecule has 1 saturated heterocycles. The van der Waals surface area contributed by atoms with Crippen molar-refractivity contribution >= 4 is 5.69 Å². The zero-order valence-electron chi connectivity index (χ0n) is 14.3. The predicted molar refractivity (Wildman–Crippen MR) is 90.7 cm³/mol. The molecule has 4 rings (SSSR count). The summed E-state index contributed by atoms with van der Waals surface area (Å²) < 4.78 is 0. The Bertz CT molecular complexity index is 750. The van der Waals surface area contributed by atoms with Gasteiger partial charge in [0.25, 0.3) is 5.69 Å². The highest BCUT2D eigenvalue weighted by molar-refractivity contribution is 5.61. The third-order valence-electron chi connectivity index (χ3n) is 6.73. The second-order valence-electron chi connectivity index (χ2n) is 8.03. The van der Waals surface area contributed by atoms with E-state index in [2.05, 4.69) is 18.7 Å². The number of hydrogen-bond acceptors (Lipinski definition) is 4. The Labute approximate surface area is 142 Å². The quantitative estimate of drug-likeness (QED) is 0.631. The molecule has 3 atom stereocenters. The van der Waals surface area contributed by atoms with E-state index in [4.69, 9.17) is 0 Å². The number of rotatable bonds is 3. The molecule has 0 aromatic heterocycles. The highest BCUT2D eigenvalue weighted by Crippen LogP contribution is 2.52. The van der Waals surface area contributed by atoms with Crippen LogP contribution in [-0.4, -0.2) is 29.0 Å². The molecule has 0 spiro atoms. The molecule has 2 fully saturated rings. The Morgan fingerprint density at radius 2 is 2.21 bits per heavy atom. The lowest BCUT2D eigenvalue weighted by molar-refractivity contribution is -0.386. The Morgan fingerprint density at radius 3 is 2.83 bits per heavy atom. The Morgan fingerprint density at radius 1 is 1.46 bits per heavy atom. The molecular formula is C19H23N3O2. The summed E-state index contributed by atoms with van der Waals surface area (Å²) in [5, 5.41) is 21.1. The van der Waals surface area contributed by atoms with Crippen molar-refractivity contribution in [1.82, 2.24) is 4.90 Å². The fourth-order valence-corrected chi connectivity index (χ4v) is 4.97. The van der Waals surface area contributed by atoms with Gasteiger partial charge in [-0.1, -0.05) is 19.9 Å². The number of hydrogen-bond donors (Lipinski definition) is 0. The van der Waals surface area contributed by atoms with Crippen molar-refractivity contribution in [2.45, 2.75) is 51.0 Å². The lowest BCUT2D eigenvalue weighted by atomic mass is 9.58. The maximum atomic E-state index is 11.7. The molecule has 0 amide bonds. The van der Waals surface area contributed by atoms with Gasteiger partial charge in [-0.05, 0) is 55.7 Å². The molecular weight excluding hydrogens is 302 g/mol. The lowest BCUT2D eigenvalue weighted by Crippen LogP contribution is -2.58. The number of nitrogens with zero attached hydrogens (tertiary/aromatic N) is 3. The molecule has 0 radical (unpaired) electrons. The molecule has 1 saturated carbocycles. The first-order chi connectivity index (χ1) is 11.5. The molecule has 1 aliphatic heterocycles. The normalized spacial score (nSPS) is 32.0. The average Bonchev–Trinajstić information content (AvgIpc) is 3.36. The van der Waals surface area contributed by atoms with E-state index in [1.165, 1.54) is 19.4 Å². The van der Waals surface area contributed by atoms with Crippen molar-refractivity contribution < 1.29 is 4.92 Å². The minimum atomic E-state index is -0.341. The first-order valence-electron chi connectivity index (χ1n) is 8.90. The lowest BCUT2D eigenvalue weighted by Gasteiger charge is -2.54. The average molecular weight is 325 g/mol. The van der Waals surface area contributed by atoms with Crippen LogP contribution in [0.4, 0.5) is 5.69 Å². The van der Waals surface area contributed by atoms with Crippen LogP contribution in [0.25, 0.3) is 0 Å². The zero-order valence-corrected chi connectivity index (χ0v) is 14.3. The molecule has 1 heterocycles. The highest BCUT2D eigenvalue weighted by atomic mass is 16.6. The van der Waals surface area contributed by atoms with Crippen LogP contribution >= 0.6 is 0 Å². The van der Waals surface area contributed by atoms with Crippen molar-refractivity contribution in [3.63, 3.8) is 0 Å². The maximum absolute atomic E-state index is 11.7. The summed E-state index contributed by atoms with van der Waals surface area (Å²) in [5.41, 5.74) is 1.95. The number of benzene rings is 1. The van der Waals surface area contributed by atoms with E-state index < -0.39 is 0 Å². The summed E-state index contributed by atoms with van der Waals surface area (Å²) in [7, 11) is 0. The molecule has 1 aromatic rings. The number of likely N-dealkylation sites (tertiary alicyclic amines) is 1. The molecule has 5 heteroatoms. The summed E-state index contributed by atoms with van der Waals surface area (Å²) in [6.07, 6.45) is 4.50. The second kappa shape index (κ2) is 5.29. The van der Waals surface area contributed by atoms with Crippen LogP contribution < -0.4 is 0 Å². The third kappa shape index (κ3) is 2.16. The zero-order chi connectivity index (χ0) is 17.1. The fraction of sp³-hybridized carbons (Fsp3) is 0.632. The molecule has 2 aliphatic carbocycles. The van der Waals surface area contributed by atoms with E-state index in [1.54, 1.807) is 6.07 Å². The van der Waals surface area contributed by atoms with Crippen molar-refractivity contribution in [2.75, 3.05) is 13.1 Å². The molecule has 0 N–H and O–H groups in total. The van der Waals surface area contributed by atoms with Crippen LogP contribution in [-0.2, 0) is 11.8 Å². The molecule has 24 heavy (non-hydrogen) atoms. The Kier molecular flexibility index (Phi) is 3.43. The standard InChI is InChI=1S/C19H23N3O2/c1-12-16-9-14-5-6-15(10-20)18(22(23)24)17(14)19(12,2)7-8-21(16)11-13-3-4-13/h5-6,12-13,16H,3-4,7-9,11H2,1-2H3/t12?,16-,19-/m1/s1. The van der Waals surface area contributed by atoms with Gasteiger partial charge in [-0.25, -0.2) is 0 Å². The SMILES string of the molecule is CC1[C@H]2Cc3ccc(C#N)c([N+](=O)[O-])c3[C@]1(C)CCN2CC1CC1.